The predicted octanol–water partition coefficient (Wildman–Crippen LogP) is 1.31. The first-order valence-electron chi connectivity index (χ1n) is 4.67. The lowest BCUT2D eigenvalue weighted by molar-refractivity contribution is -0.132. The van der Waals surface area contributed by atoms with Gasteiger partial charge in [-0.1, -0.05) is 20.4 Å². The summed E-state index contributed by atoms with van der Waals surface area (Å²) in [5.74, 6) is -0.935. The molecule has 4 nitrogen and oxygen atoms in total. The molecule has 1 atom stereocenters. The molecule has 0 aliphatic heterocycles. The number of nitrogens with zero attached hydrogens (tertiary/aromatic N) is 1. The van der Waals surface area contributed by atoms with Gasteiger partial charge in [-0.05, 0) is 26.9 Å². The Morgan fingerprint density at radius 2 is 1.71 bits per heavy atom. The normalized spacial score (nSPS) is 11.6. The van der Waals surface area contributed by atoms with E-state index < -0.39 is 5.97 Å². The van der Waals surface area contributed by atoms with Crippen LogP contribution in [-0.2, 0) is 4.79 Å². The monoisotopic (exact) mass is 203 g/mol. The van der Waals surface area contributed by atoms with Crippen LogP contribution >= 0.6 is 0 Å². The second-order valence-corrected chi connectivity index (χ2v) is 2.94. The molecule has 0 saturated heterocycles. The van der Waals surface area contributed by atoms with E-state index in [1.165, 1.54) is 6.92 Å². The molecule has 0 bridgehead atoms. The summed E-state index contributed by atoms with van der Waals surface area (Å²) in [6.07, 6.45) is -0.287. The fraction of sp³-hybridized carbons (Fsp3) is 0.700. The lowest BCUT2D eigenvalue weighted by Crippen LogP contribution is -2.32. The van der Waals surface area contributed by atoms with Gasteiger partial charge in [0.15, 0.2) is 0 Å². The second-order valence-electron chi connectivity index (χ2n) is 2.94. The number of hydrogen-bond donors (Lipinski definition) is 2. The number of carboxylic acid groups (broad SMARTS) is 1. The fourth-order valence-electron chi connectivity index (χ4n) is 0.752. The Hall–Kier alpha value is -0.870. The van der Waals surface area contributed by atoms with Crippen LogP contribution in [0.25, 0.3) is 0 Å². The smallest absolute Gasteiger partial charge is 0.330 e. The number of carbonyl (C=O) groups is 1. The Morgan fingerprint density at radius 1 is 1.43 bits per heavy atom. The van der Waals surface area contributed by atoms with E-state index in [9.17, 15) is 4.79 Å². The SMILES string of the molecule is C=C(C)C(=O)O.CCN(CC)C(C)O. The van der Waals surface area contributed by atoms with Crippen LogP contribution in [0.2, 0.25) is 0 Å². The molecule has 0 fully saturated rings. The summed E-state index contributed by atoms with van der Waals surface area (Å²) < 4.78 is 0. The number of hydrogen-bond acceptors (Lipinski definition) is 3. The molecule has 0 aliphatic carbocycles. The van der Waals surface area contributed by atoms with E-state index in [1.54, 1.807) is 6.92 Å². The summed E-state index contributed by atoms with van der Waals surface area (Å²) in [6, 6.07) is 0. The highest BCUT2D eigenvalue weighted by atomic mass is 16.4. The molecule has 0 aromatic heterocycles. The third-order valence-corrected chi connectivity index (χ3v) is 1.71. The van der Waals surface area contributed by atoms with Crippen LogP contribution in [0.15, 0.2) is 12.2 Å². The molecule has 0 saturated carbocycles. The Bertz CT molecular complexity index is 162. The van der Waals surface area contributed by atoms with Crippen LogP contribution in [0.5, 0.6) is 0 Å². The molecule has 2 N–H and O–H groups in total. The maximum Gasteiger partial charge on any atom is 0.330 e. The zero-order chi connectivity index (χ0) is 11.7. The molecule has 0 radical (unpaired) electrons. The van der Waals surface area contributed by atoms with Gasteiger partial charge in [-0.15, -0.1) is 0 Å². The van der Waals surface area contributed by atoms with Crippen LogP contribution in [0, 0.1) is 0 Å². The Labute approximate surface area is 85.8 Å². The van der Waals surface area contributed by atoms with Gasteiger partial charge >= 0.3 is 5.97 Å². The van der Waals surface area contributed by atoms with E-state index in [-0.39, 0.29) is 11.8 Å². The second kappa shape index (κ2) is 8.72. The summed E-state index contributed by atoms with van der Waals surface area (Å²) in [5, 5.41) is 16.8. The van der Waals surface area contributed by atoms with E-state index in [2.05, 4.69) is 6.58 Å². The summed E-state index contributed by atoms with van der Waals surface area (Å²) >= 11 is 0. The number of carboxylic acids is 1. The van der Waals surface area contributed by atoms with Crippen LogP contribution in [0.3, 0.4) is 0 Å². The van der Waals surface area contributed by atoms with E-state index in [1.807, 2.05) is 18.7 Å². The van der Waals surface area contributed by atoms with Crippen molar-refractivity contribution in [2.24, 2.45) is 0 Å². The van der Waals surface area contributed by atoms with Gasteiger partial charge in [0.2, 0.25) is 0 Å². The van der Waals surface area contributed by atoms with Crippen molar-refractivity contribution in [3.8, 4) is 0 Å². The van der Waals surface area contributed by atoms with Crippen LogP contribution in [0.4, 0.5) is 0 Å². The molecular formula is C10H21NO3. The van der Waals surface area contributed by atoms with Crippen molar-refractivity contribution in [1.82, 2.24) is 4.90 Å². The van der Waals surface area contributed by atoms with Crippen molar-refractivity contribution >= 4 is 5.97 Å². The molecule has 0 rings (SSSR count). The van der Waals surface area contributed by atoms with Gasteiger partial charge in [0, 0.05) is 5.57 Å². The van der Waals surface area contributed by atoms with Crippen LogP contribution in [-0.4, -0.2) is 40.4 Å². The molecule has 0 spiro atoms. The van der Waals surface area contributed by atoms with Gasteiger partial charge in [-0.2, -0.15) is 0 Å². The molecular weight excluding hydrogens is 182 g/mol. The lowest BCUT2D eigenvalue weighted by Gasteiger charge is -2.20. The first-order valence-corrected chi connectivity index (χ1v) is 4.67. The Kier molecular flexibility index (Phi) is 9.71. The van der Waals surface area contributed by atoms with Gasteiger partial charge in [0.25, 0.3) is 0 Å². The first kappa shape index (κ1) is 15.6. The number of rotatable bonds is 4. The predicted molar refractivity (Wildman–Crippen MR) is 57.1 cm³/mol. The van der Waals surface area contributed by atoms with Crippen molar-refractivity contribution < 1.29 is 15.0 Å². The van der Waals surface area contributed by atoms with Gasteiger partial charge < -0.3 is 10.2 Å². The summed E-state index contributed by atoms with van der Waals surface area (Å²) in [4.78, 5) is 11.6. The molecule has 14 heavy (non-hydrogen) atoms. The zero-order valence-corrected chi connectivity index (χ0v) is 9.45. The van der Waals surface area contributed by atoms with E-state index in [0.717, 1.165) is 13.1 Å². The van der Waals surface area contributed by atoms with Crippen molar-refractivity contribution in [3.63, 3.8) is 0 Å². The molecule has 0 aliphatic rings. The lowest BCUT2D eigenvalue weighted by atomic mass is 10.4. The van der Waals surface area contributed by atoms with Crippen molar-refractivity contribution in [1.29, 1.82) is 0 Å². The van der Waals surface area contributed by atoms with E-state index >= 15 is 0 Å². The van der Waals surface area contributed by atoms with Gasteiger partial charge in [-0.25, -0.2) is 4.79 Å². The number of aliphatic hydroxyl groups is 1. The van der Waals surface area contributed by atoms with E-state index in [4.69, 9.17) is 10.2 Å². The van der Waals surface area contributed by atoms with Crippen molar-refractivity contribution in [2.45, 2.75) is 33.9 Å². The Balaban J connectivity index is 0. The highest BCUT2D eigenvalue weighted by Gasteiger charge is 2.02. The van der Waals surface area contributed by atoms with Gasteiger partial charge in [-0.3, -0.25) is 4.90 Å². The minimum atomic E-state index is -0.935. The fourth-order valence-corrected chi connectivity index (χ4v) is 0.752. The van der Waals surface area contributed by atoms with Crippen molar-refractivity contribution in [2.75, 3.05) is 13.1 Å². The molecule has 4 heteroatoms. The minimum absolute atomic E-state index is 0.176. The molecule has 0 amide bonds. The van der Waals surface area contributed by atoms with E-state index in [0.29, 0.717) is 0 Å². The zero-order valence-electron chi connectivity index (χ0n) is 9.45. The molecule has 84 valence electrons. The quantitative estimate of drug-likeness (QED) is 0.534. The topological polar surface area (TPSA) is 60.8 Å². The minimum Gasteiger partial charge on any atom is -0.478 e. The summed E-state index contributed by atoms with van der Waals surface area (Å²) in [5.41, 5.74) is 0.176. The van der Waals surface area contributed by atoms with Gasteiger partial charge in [0.1, 0.15) is 6.23 Å². The van der Waals surface area contributed by atoms with Crippen LogP contribution in [0.1, 0.15) is 27.7 Å². The third-order valence-electron chi connectivity index (χ3n) is 1.71. The standard InChI is InChI=1S/C6H15NO.C4H6O2/c1-4-7(5-2)6(3)8;1-3(2)4(5)6/h6,8H,4-5H2,1-3H3;1H2,2H3,(H,5,6). The maximum absolute atomic E-state index is 9.60. The first-order chi connectivity index (χ1) is 6.36. The number of aliphatic carboxylic acids is 1. The maximum atomic E-state index is 9.60. The molecule has 1 unspecified atom stereocenters. The molecule has 0 heterocycles. The average molecular weight is 203 g/mol. The third kappa shape index (κ3) is 9.22. The highest BCUT2D eigenvalue weighted by molar-refractivity contribution is 5.84. The van der Waals surface area contributed by atoms with Crippen molar-refractivity contribution in [3.05, 3.63) is 12.2 Å². The largest absolute Gasteiger partial charge is 0.478 e. The highest BCUT2D eigenvalue weighted by Crippen LogP contribution is 1.91. The molecule has 0 aromatic rings. The van der Waals surface area contributed by atoms with Gasteiger partial charge in [0.05, 0.1) is 0 Å². The summed E-state index contributed by atoms with van der Waals surface area (Å²) in [7, 11) is 0. The molecule has 0 aromatic carbocycles. The van der Waals surface area contributed by atoms with Crippen LogP contribution < -0.4 is 0 Å². The summed E-state index contributed by atoms with van der Waals surface area (Å²) in [6.45, 7) is 12.3. The number of aliphatic hydroxyl groups excluding tert-OH is 1. The Morgan fingerprint density at radius 3 is 1.71 bits per heavy atom. The average Bonchev–Trinajstić information content (AvgIpc) is 2.06.